The fraction of sp³-hybridized carbons (Fsp3) is 0.188. The molecule has 2 aromatic rings. The first-order valence-corrected chi connectivity index (χ1v) is 7.61. The summed E-state index contributed by atoms with van der Waals surface area (Å²) in [6.45, 7) is 2.48. The average molecular weight is 353 g/mol. The number of nitrogens with one attached hydrogen (secondary N) is 1. The van der Waals surface area contributed by atoms with Gasteiger partial charge in [-0.3, -0.25) is 4.79 Å². The summed E-state index contributed by atoms with van der Waals surface area (Å²) >= 11 is 9.22. The fourth-order valence-corrected chi connectivity index (χ4v) is 2.74. The summed E-state index contributed by atoms with van der Waals surface area (Å²) < 4.78 is 0.810. The number of alkyl halides is 1. The third-order valence-corrected chi connectivity index (χ3v) is 3.93. The number of amides is 1. The summed E-state index contributed by atoms with van der Waals surface area (Å²) in [6.07, 6.45) is 0. The Morgan fingerprint density at radius 1 is 1.20 bits per heavy atom. The molecule has 4 heteroatoms. The van der Waals surface area contributed by atoms with Crippen molar-refractivity contribution in [3.05, 3.63) is 69.2 Å². The second-order valence-corrected chi connectivity index (χ2v) is 5.74. The topological polar surface area (TPSA) is 29.1 Å². The van der Waals surface area contributed by atoms with E-state index in [1.165, 1.54) is 0 Å². The van der Waals surface area contributed by atoms with Crippen LogP contribution < -0.4 is 5.32 Å². The lowest BCUT2D eigenvalue weighted by atomic mass is 10.1. The molecule has 2 aromatic carbocycles. The van der Waals surface area contributed by atoms with Gasteiger partial charge in [-0.25, -0.2) is 0 Å². The molecule has 0 unspecified atom stereocenters. The van der Waals surface area contributed by atoms with Crippen LogP contribution in [0.1, 0.15) is 27.0 Å². The second-order valence-electron chi connectivity index (χ2n) is 4.62. The number of carbonyl (C=O) groups excluding carboxylic acids is 1. The zero-order chi connectivity index (χ0) is 14.5. The molecule has 0 radical (unpaired) electrons. The molecular weight excluding hydrogens is 338 g/mol. The van der Waals surface area contributed by atoms with Gasteiger partial charge in [-0.2, -0.15) is 0 Å². The Labute approximate surface area is 132 Å². The van der Waals surface area contributed by atoms with Crippen LogP contribution in [0.4, 0.5) is 0 Å². The van der Waals surface area contributed by atoms with Crippen molar-refractivity contribution in [3.8, 4) is 0 Å². The molecular formula is C16H15BrClNO. The lowest BCUT2D eigenvalue weighted by Crippen LogP contribution is -2.23. The van der Waals surface area contributed by atoms with Gasteiger partial charge < -0.3 is 5.32 Å². The van der Waals surface area contributed by atoms with E-state index in [9.17, 15) is 4.79 Å². The van der Waals surface area contributed by atoms with E-state index in [4.69, 9.17) is 11.6 Å². The number of halogens is 2. The van der Waals surface area contributed by atoms with Gasteiger partial charge >= 0.3 is 0 Å². The molecule has 0 heterocycles. The molecule has 2 nitrogen and oxygen atoms in total. The normalized spacial score (nSPS) is 10.3. The molecule has 20 heavy (non-hydrogen) atoms. The van der Waals surface area contributed by atoms with Gasteiger partial charge in [0.25, 0.3) is 5.91 Å². The molecule has 1 N–H and O–H groups in total. The predicted molar refractivity (Wildman–Crippen MR) is 86.0 cm³/mol. The van der Waals surface area contributed by atoms with E-state index in [0.717, 1.165) is 21.2 Å². The van der Waals surface area contributed by atoms with Crippen LogP contribution in [0.25, 0.3) is 0 Å². The highest BCUT2D eigenvalue weighted by Gasteiger charge is 2.09. The van der Waals surface area contributed by atoms with Crippen molar-refractivity contribution in [1.82, 2.24) is 5.32 Å². The van der Waals surface area contributed by atoms with Crippen LogP contribution in [0.5, 0.6) is 0 Å². The quantitative estimate of drug-likeness (QED) is 0.811. The van der Waals surface area contributed by atoms with E-state index < -0.39 is 0 Å². The number of hydrogen-bond acceptors (Lipinski definition) is 1. The van der Waals surface area contributed by atoms with Crippen molar-refractivity contribution >= 4 is 33.4 Å². The van der Waals surface area contributed by atoms with E-state index in [-0.39, 0.29) is 5.91 Å². The van der Waals surface area contributed by atoms with Crippen molar-refractivity contribution in [2.75, 3.05) is 0 Å². The van der Waals surface area contributed by atoms with Crippen LogP contribution in [0, 0.1) is 6.92 Å². The van der Waals surface area contributed by atoms with Gasteiger partial charge in [0.2, 0.25) is 0 Å². The molecule has 0 saturated heterocycles. The van der Waals surface area contributed by atoms with Crippen molar-refractivity contribution in [1.29, 1.82) is 0 Å². The van der Waals surface area contributed by atoms with Gasteiger partial charge in [-0.15, -0.1) is 11.6 Å². The molecule has 0 atom stereocenters. The molecule has 0 aliphatic heterocycles. The number of carbonyl (C=O) groups is 1. The van der Waals surface area contributed by atoms with Gasteiger partial charge in [0.05, 0.1) is 5.56 Å². The highest BCUT2D eigenvalue weighted by Crippen LogP contribution is 2.18. The lowest BCUT2D eigenvalue weighted by molar-refractivity contribution is 0.0950. The summed E-state index contributed by atoms with van der Waals surface area (Å²) in [5, 5.41) is 2.91. The highest BCUT2D eigenvalue weighted by atomic mass is 79.9. The van der Waals surface area contributed by atoms with E-state index >= 15 is 0 Å². The van der Waals surface area contributed by atoms with Crippen LogP contribution in [0.2, 0.25) is 0 Å². The lowest BCUT2D eigenvalue weighted by Gasteiger charge is -2.08. The third kappa shape index (κ3) is 3.84. The fourth-order valence-electron chi connectivity index (χ4n) is 1.90. The second kappa shape index (κ2) is 6.91. The molecule has 0 bridgehead atoms. The van der Waals surface area contributed by atoms with Crippen molar-refractivity contribution in [3.63, 3.8) is 0 Å². The van der Waals surface area contributed by atoms with Crippen molar-refractivity contribution < 1.29 is 4.79 Å². The van der Waals surface area contributed by atoms with E-state index in [1.54, 1.807) is 0 Å². The van der Waals surface area contributed by atoms with Gasteiger partial charge in [0, 0.05) is 16.9 Å². The molecule has 104 valence electrons. The highest BCUT2D eigenvalue weighted by molar-refractivity contribution is 9.10. The Balaban J connectivity index is 2.04. The molecule has 2 rings (SSSR count). The summed E-state index contributed by atoms with van der Waals surface area (Å²) in [5.74, 6) is 0.388. The first-order chi connectivity index (χ1) is 9.60. The Hall–Kier alpha value is -1.32. The Morgan fingerprint density at radius 2 is 1.95 bits per heavy atom. The van der Waals surface area contributed by atoms with E-state index in [2.05, 4.69) is 21.2 Å². The minimum Gasteiger partial charge on any atom is -0.348 e. The number of aryl methyl sites for hydroxylation is 1. The average Bonchev–Trinajstić information content (AvgIpc) is 2.45. The summed E-state index contributed by atoms with van der Waals surface area (Å²) in [7, 11) is 0. The van der Waals surface area contributed by atoms with Gasteiger partial charge in [-0.05, 0) is 51.7 Å². The minimum absolute atomic E-state index is 0.0897. The SMILES string of the molecule is Cc1ccc(C(=O)NCc2cccc(CCl)c2)c(Br)c1. The smallest absolute Gasteiger partial charge is 0.252 e. The van der Waals surface area contributed by atoms with Gasteiger partial charge in [-0.1, -0.05) is 30.3 Å². The molecule has 0 aliphatic rings. The molecule has 0 aliphatic carbocycles. The molecule has 1 amide bonds. The minimum atomic E-state index is -0.0897. The summed E-state index contributed by atoms with van der Waals surface area (Å²) in [4.78, 5) is 12.1. The summed E-state index contributed by atoms with van der Waals surface area (Å²) in [6, 6.07) is 13.6. The zero-order valence-corrected chi connectivity index (χ0v) is 13.5. The standard InChI is InChI=1S/C16H15BrClNO/c1-11-5-6-14(15(17)7-11)16(20)19-10-13-4-2-3-12(8-13)9-18/h2-8H,9-10H2,1H3,(H,19,20). The monoisotopic (exact) mass is 351 g/mol. The van der Waals surface area contributed by atoms with Crippen LogP contribution in [-0.2, 0) is 12.4 Å². The maximum atomic E-state index is 12.1. The Bertz CT molecular complexity index is 628. The maximum absolute atomic E-state index is 12.1. The van der Waals surface area contributed by atoms with Gasteiger partial charge in [0.15, 0.2) is 0 Å². The number of rotatable bonds is 4. The Morgan fingerprint density at radius 3 is 2.65 bits per heavy atom. The van der Waals surface area contributed by atoms with E-state index in [1.807, 2.05) is 49.4 Å². The van der Waals surface area contributed by atoms with E-state index in [0.29, 0.717) is 18.0 Å². The molecule has 0 aromatic heterocycles. The molecule has 0 spiro atoms. The predicted octanol–water partition coefficient (Wildman–Crippen LogP) is 4.43. The van der Waals surface area contributed by atoms with Crippen molar-refractivity contribution in [2.45, 2.75) is 19.3 Å². The zero-order valence-electron chi connectivity index (χ0n) is 11.1. The Kier molecular flexibility index (Phi) is 5.21. The van der Waals surface area contributed by atoms with Crippen molar-refractivity contribution in [2.24, 2.45) is 0 Å². The first-order valence-electron chi connectivity index (χ1n) is 6.28. The largest absolute Gasteiger partial charge is 0.348 e. The van der Waals surface area contributed by atoms with Crippen LogP contribution in [0.15, 0.2) is 46.9 Å². The first kappa shape index (κ1) is 15.1. The third-order valence-electron chi connectivity index (χ3n) is 2.97. The summed E-state index contributed by atoms with van der Waals surface area (Å²) in [5.41, 5.74) is 3.85. The maximum Gasteiger partial charge on any atom is 0.252 e. The number of hydrogen-bond donors (Lipinski definition) is 1. The van der Waals surface area contributed by atoms with Crippen LogP contribution in [-0.4, -0.2) is 5.91 Å². The van der Waals surface area contributed by atoms with Crippen LogP contribution >= 0.6 is 27.5 Å². The molecule has 0 saturated carbocycles. The molecule has 0 fully saturated rings. The van der Waals surface area contributed by atoms with Crippen LogP contribution in [0.3, 0.4) is 0 Å². The number of benzene rings is 2. The van der Waals surface area contributed by atoms with Gasteiger partial charge in [0.1, 0.15) is 0 Å².